The minimum atomic E-state index is -0.295. The summed E-state index contributed by atoms with van der Waals surface area (Å²) in [5.41, 5.74) is 4.32. The van der Waals surface area contributed by atoms with E-state index < -0.39 is 0 Å². The van der Waals surface area contributed by atoms with Gasteiger partial charge in [0.2, 0.25) is 0 Å². The third kappa shape index (κ3) is 2.63. The topological polar surface area (TPSA) is 67.5 Å². The van der Waals surface area contributed by atoms with Crippen molar-refractivity contribution in [3.05, 3.63) is 53.7 Å². The molecular weight excluding hydrogens is 230 g/mol. The largest absolute Gasteiger partial charge is 0.469 e. The number of aryl methyl sites for hydroxylation is 1. The van der Waals surface area contributed by atoms with E-state index in [-0.39, 0.29) is 5.91 Å². The van der Waals surface area contributed by atoms with E-state index in [1.54, 1.807) is 26.1 Å². The van der Waals surface area contributed by atoms with Gasteiger partial charge in [-0.25, -0.2) is 5.43 Å². The number of nitrogens with zero attached hydrogens (tertiary/aromatic N) is 2. The van der Waals surface area contributed by atoms with Gasteiger partial charge in [-0.1, -0.05) is 6.07 Å². The predicted molar refractivity (Wildman–Crippen MR) is 67.4 cm³/mol. The summed E-state index contributed by atoms with van der Waals surface area (Å²) in [6, 6.07) is 7.12. The van der Waals surface area contributed by atoms with Crippen LogP contribution in [0.25, 0.3) is 0 Å². The number of furan rings is 1. The van der Waals surface area contributed by atoms with Crippen molar-refractivity contribution in [1.82, 2.24) is 10.4 Å². The molecule has 0 saturated carbocycles. The van der Waals surface area contributed by atoms with Gasteiger partial charge in [0.15, 0.2) is 0 Å². The van der Waals surface area contributed by atoms with E-state index in [2.05, 4.69) is 15.5 Å². The van der Waals surface area contributed by atoms with Crippen molar-refractivity contribution in [2.45, 2.75) is 13.8 Å². The molecule has 0 aromatic carbocycles. The SMILES string of the molecule is C/C(=N\NC(=O)c1ccoc1C)c1ccccn1. The van der Waals surface area contributed by atoms with Crippen LogP contribution in [0.2, 0.25) is 0 Å². The molecule has 0 radical (unpaired) electrons. The van der Waals surface area contributed by atoms with Crippen LogP contribution >= 0.6 is 0 Å². The lowest BCUT2D eigenvalue weighted by molar-refractivity contribution is 0.0953. The molecule has 0 saturated heterocycles. The third-order valence-electron chi connectivity index (χ3n) is 2.46. The van der Waals surface area contributed by atoms with Crippen LogP contribution in [-0.2, 0) is 0 Å². The second-order valence-electron chi connectivity index (χ2n) is 3.74. The van der Waals surface area contributed by atoms with Crippen LogP contribution in [0.5, 0.6) is 0 Å². The van der Waals surface area contributed by atoms with Gasteiger partial charge in [0.1, 0.15) is 5.76 Å². The Balaban J connectivity index is 2.08. The summed E-state index contributed by atoms with van der Waals surface area (Å²) in [4.78, 5) is 15.9. The van der Waals surface area contributed by atoms with Crippen molar-refractivity contribution in [3.8, 4) is 0 Å². The van der Waals surface area contributed by atoms with Crippen LogP contribution in [0.4, 0.5) is 0 Å². The molecule has 0 spiro atoms. The quantitative estimate of drug-likeness (QED) is 0.663. The molecule has 5 heteroatoms. The Morgan fingerprint density at radius 2 is 2.22 bits per heavy atom. The number of hydrazone groups is 1. The molecule has 0 unspecified atom stereocenters. The number of aromatic nitrogens is 1. The molecule has 1 amide bonds. The number of hydrogen-bond donors (Lipinski definition) is 1. The molecule has 0 bridgehead atoms. The first-order chi connectivity index (χ1) is 8.68. The molecule has 0 fully saturated rings. The van der Waals surface area contributed by atoms with Gasteiger partial charge in [-0.15, -0.1) is 0 Å². The van der Waals surface area contributed by atoms with Crippen LogP contribution in [-0.4, -0.2) is 16.6 Å². The van der Waals surface area contributed by atoms with Gasteiger partial charge in [-0.3, -0.25) is 9.78 Å². The van der Waals surface area contributed by atoms with E-state index in [0.717, 1.165) is 5.69 Å². The highest BCUT2D eigenvalue weighted by Gasteiger charge is 2.10. The predicted octanol–water partition coefficient (Wildman–Crippen LogP) is 2.14. The van der Waals surface area contributed by atoms with Crippen molar-refractivity contribution in [2.24, 2.45) is 5.10 Å². The zero-order chi connectivity index (χ0) is 13.0. The molecule has 5 nitrogen and oxygen atoms in total. The number of amides is 1. The highest BCUT2D eigenvalue weighted by atomic mass is 16.3. The first-order valence-electron chi connectivity index (χ1n) is 5.48. The zero-order valence-corrected chi connectivity index (χ0v) is 10.2. The zero-order valence-electron chi connectivity index (χ0n) is 10.2. The van der Waals surface area contributed by atoms with Gasteiger partial charge >= 0.3 is 0 Å². The lowest BCUT2D eigenvalue weighted by Gasteiger charge is -2.01. The fourth-order valence-corrected chi connectivity index (χ4v) is 1.45. The minimum Gasteiger partial charge on any atom is -0.469 e. The van der Waals surface area contributed by atoms with Crippen LogP contribution in [0.1, 0.15) is 28.7 Å². The van der Waals surface area contributed by atoms with Gasteiger partial charge in [0.25, 0.3) is 5.91 Å². The Labute approximate surface area is 105 Å². The van der Waals surface area contributed by atoms with Gasteiger partial charge in [-0.2, -0.15) is 5.10 Å². The first kappa shape index (κ1) is 12.0. The summed E-state index contributed by atoms with van der Waals surface area (Å²) in [5.74, 6) is 0.273. The second-order valence-corrected chi connectivity index (χ2v) is 3.74. The molecule has 2 aromatic rings. The highest BCUT2D eigenvalue weighted by Crippen LogP contribution is 2.08. The second kappa shape index (κ2) is 5.27. The monoisotopic (exact) mass is 243 g/mol. The van der Waals surface area contributed by atoms with Crippen LogP contribution in [0.15, 0.2) is 46.2 Å². The number of nitrogens with one attached hydrogen (secondary N) is 1. The van der Waals surface area contributed by atoms with Gasteiger partial charge < -0.3 is 4.42 Å². The van der Waals surface area contributed by atoms with Crippen molar-refractivity contribution in [1.29, 1.82) is 0 Å². The summed E-state index contributed by atoms with van der Waals surface area (Å²) in [7, 11) is 0. The van der Waals surface area contributed by atoms with Crippen molar-refractivity contribution < 1.29 is 9.21 Å². The normalized spacial score (nSPS) is 11.3. The van der Waals surface area contributed by atoms with E-state index in [1.165, 1.54) is 6.26 Å². The molecule has 2 heterocycles. The van der Waals surface area contributed by atoms with Crippen LogP contribution < -0.4 is 5.43 Å². The average molecular weight is 243 g/mol. The van der Waals surface area contributed by atoms with E-state index in [1.807, 2.05) is 18.2 Å². The van der Waals surface area contributed by atoms with Gasteiger partial charge in [-0.05, 0) is 32.0 Å². The van der Waals surface area contributed by atoms with Crippen molar-refractivity contribution in [3.63, 3.8) is 0 Å². The summed E-state index contributed by atoms with van der Waals surface area (Å²) in [6.07, 6.45) is 3.15. The summed E-state index contributed by atoms with van der Waals surface area (Å²) in [5, 5.41) is 4.00. The van der Waals surface area contributed by atoms with Gasteiger partial charge in [0, 0.05) is 6.20 Å². The maximum atomic E-state index is 11.8. The van der Waals surface area contributed by atoms with Crippen LogP contribution in [0, 0.1) is 6.92 Å². The van der Waals surface area contributed by atoms with E-state index in [0.29, 0.717) is 17.0 Å². The highest BCUT2D eigenvalue weighted by molar-refractivity contribution is 5.99. The molecule has 2 aromatic heterocycles. The fraction of sp³-hybridized carbons (Fsp3) is 0.154. The Bertz CT molecular complexity index is 573. The molecule has 92 valence electrons. The number of carbonyl (C=O) groups excluding carboxylic acids is 1. The maximum Gasteiger partial charge on any atom is 0.274 e. The first-order valence-corrected chi connectivity index (χ1v) is 5.48. The molecule has 18 heavy (non-hydrogen) atoms. The molecule has 0 aliphatic carbocycles. The minimum absolute atomic E-state index is 0.295. The standard InChI is InChI=1S/C13H13N3O2/c1-9(12-5-3-4-7-14-12)15-16-13(17)11-6-8-18-10(11)2/h3-8H,1-2H3,(H,16,17)/b15-9+. The summed E-state index contributed by atoms with van der Waals surface area (Å²) < 4.78 is 5.06. The van der Waals surface area contributed by atoms with Crippen molar-refractivity contribution in [2.75, 3.05) is 0 Å². The molecule has 1 N–H and O–H groups in total. The molecular formula is C13H13N3O2. The average Bonchev–Trinajstić information content (AvgIpc) is 2.83. The maximum absolute atomic E-state index is 11.8. The number of carbonyl (C=O) groups is 1. The molecule has 0 aliphatic rings. The summed E-state index contributed by atoms with van der Waals surface area (Å²) >= 11 is 0. The molecule has 0 aliphatic heterocycles. The van der Waals surface area contributed by atoms with E-state index in [9.17, 15) is 4.79 Å². The molecule has 0 atom stereocenters. The molecule has 2 rings (SSSR count). The van der Waals surface area contributed by atoms with E-state index >= 15 is 0 Å². The van der Waals surface area contributed by atoms with Crippen molar-refractivity contribution >= 4 is 11.6 Å². The van der Waals surface area contributed by atoms with Crippen LogP contribution in [0.3, 0.4) is 0 Å². The number of rotatable bonds is 3. The Kier molecular flexibility index (Phi) is 3.52. The Hall–Kier alpha value is -2.43. The lowest BCUT2D eigenvalue weighted by Crippen LogP contribution is -2.19. The van der Waals surface area contributed by atoms with Gasteiger partial charge in [0.05, 0.1) is 23.2 Å². The lowest BCUT2D eigenvalue weighted by atomic mass is 10.2. The number of hydrogen-bond acceptors (Lipinski definition) is 4. The van der Waals surface area contributed by atoms with E-state index in [4.69, 9.17) is 4.42 Å². The fourth-order valence-electron chi connectivity index (χ4n) is 1.45. The third-order valence-corrected chi connectivity index (χ3v) is 2.46. The smallest absolute Gasteiger partial charge is 0.274 e. The number of pyridine rings is 1. The summed E-state index contributed by atoms with van der Waals surface area (Å²) in [6.45, 7) is 3.51. The Morgan fingerprint density at radius 1 is 1.39 bits per heavy atom. The Morgan fingerprint density at radius 3 is 2.83 bits per heavy atom.